The van der Waals surface area contributed by atoms with Gasteiger partial charge in [0, 0.05) is 5.56 Å². The van der Waals surface area contributed by atoms with E-state index < -0.39 is 11.8 Å². The average Bonchev–Trinajstić information content (AvgIpc) is 3.27. The molecule has 1 N–H and O–H groups in total. The fraction of sp³-hybridized carbons (Fsp3) is 0.0400. The van der Waals surface area contributed by atoms with Crippen molar-refractivity contribution in [1.82, 2.24) is 10.4 Å². The number of para-hydroxylation sites is 1. The van der Waals surface area contributed by atoms with Crippen LogP contribution in [0.3, 0.4) is 0 Å². The molecule has 5 rings (SSSR count). The lowest BCUT2D eigenvalue weighted by atomic mass is 10.1. The van der Waals surface area contributed by atoms with Gasteiger partial charge in [0.05, 0.1) is 33.3 Å². The molecule has 0 bridgehead atoms. The first kappa shape index (κ1) is 22.3. The highest BCUT2D eigenvalue weighted by Gasteiger charge is 2.42. The maximum absolute atomic E-state index is 13.5. The second kappa shape index (κ2) is 9.06. The first-order chi connectivity index (χ1) is 16.5. The third-order valence-corrected chi connectivity index (χ3v) is 7.14. The number of nitrogens with zero attached hydrogens (tertiary/aromatic N) is 2. The molecule has 1 fully saturated rings. The minimum Gasteiger partial charge on any atom is -0.303 e. The molecule has 2 aliphatic rings. The van der Waals surface area contributed by atoms with Crippen molar-refractivity contribution < 1.29 is 14.4 Å². The molecular weight excluding hydrogens is 490 g/mol. The van der Waals surface area contributed by atoms with Gasteiger partial charge in [0.25, 0.3) is 17.7 Å². The fourth-order valence-corrected chi connectivity index (χ4v) is 5.32. The number of carbonyl (C=O) groups excluding carboxylic acids is 3. The van der Waals surface area contributed by atoms with Gasteiger partial charge in [-0.1, -0.05) is 84.0 Å². The van der Waals surface area contributed by atoms with Gasteiger partial charge in [-0.05, 0) is 36.0 Å². The summed E-state index contributed by atoms with van der Waals surface area (Å²) in [6.45, 7) is 0.365. The Labute approximate surface area is 210 Å². The summed E-state index contributed by atoms with van der Waals surface area (Å²) in [7, 11) is 0. The second-order valence-electron chi connectivity index (χ2n) is 7.53. The summed E-state index contributed by atoms with van der Waals surface area (Å²) in [4.78, 5) is 41.4. The second-order valence-corrected chi connectivity index (χ2v) is 9.58. The maximum Gasteiger partial charge on any atom is 0.286 e. The van der Waals surface area contributed by atoms with Gasteiger partial charge in [-0.15, -0.1) is 0 Å². The van der Waals surface area contributed by atoms with Gasteiger partial charge in [0.15, 0.2) is 4.32 Å². The van der Waals surface area contributed by atoms with Crippen molar-refractivity contribution in [1.29, 1.82) is 0 Å². The number of fused-ring (bicyclic) bond motifs is 1. The summed E-state index contributed by atoms with van der Waals surface area (Å²) < 4.78 is 0.125. The number of thioether (sulfide) groups is 1. The molecule has 0 unspecified atom stereocenters. The number of benzene rings is 3. The van der Waals surface area contributed by atoms with Crippen LogP contribution in [0.1, 0.15) is 21.5 Å². The lowest BCUT2D eigenvalue weighted by molar-refractivity contribution is -0.124. The zero-order valence-corrected chi connectivity index (χ0v) is 19.9. The van der Waals surface area contributed by atoms with Gasteiger partial charge in [0.2, 0.25) is 0 Å². The molecule has 0 aliphatic carbocycles. The molecule has 168 valence electrons. The summed E-state index contributed by atoms with van der Waals surface area (Å²) in [6, 6.07) is 23.4. The summed E-state index contributed by atoms with van der Waals surface area (Å²) in [5, 5.41) is 1.24. The van der Waals surface area contributed by atoms with Gasteiger partial charge in [-0.3, -0.25) is 19.8 Å². The number of hydrazine groups is 1. The Morgan fingerprint density at radius 2 is 1.59 bits per heavy atom. The molecule has 3 aromatic carbocycles. The normalized spacial score (nSPS) is 17.4. The lowest BCUT2D eigenvalue weighted by Gasteiger charge is -2.17. The fourth-order valence-electron chi connectivity index (χ4n) is 3.84. The largest absolute Gasteiger partial charge is 0.303 e. The Morgan fingerprint density at radius 1 is 0.912 bits per heavy atom. The van der Waals surface area contributed by atoms with E-state index in [1.54, 1.807) is 29.2 Å². The summed E-state index contributed by atoms with van der Waals surface area (Å²) in [5.41, 5.74) is 5.34. The minimum absolute atomic E-state index is 0.125. The number of carbonyl (C=O) groups is 3. The summed E-state index contributed by atoms with van der Waals surface area (Å²) >= 11 is 12.5. The van der Waals surface area contributed by atoms with Crippen LogP contribution < -0.4 is 10.3 Å². The monoisotopic (exact) mass is 505 g/mol. The number of hydrogen-bond acceptors (Lipinski definition) is 5. The predicted molar refractivity (Wildman–Crippen MR) is 137 cm³/mol. The van der Waals surface area contributed by atoms with Crippen LogP contribution in [0, 0.1) is 0 Å². The quantitative estimate of drug-likeness (QED) is 0.407. The van der Waals surface area contributed by atoms with Crippen LogP contribution in [0.2, 0.25) is 5.02 Å². The Bertz CT molecular complexity index is 1390. The van der Waals surface area contributed by atoms with Crippen LogP contribution in [0.15, 0.2) is 83.8 Å². The molecule has 0 radical (unpaired) electrons. The molecule has 1 saturated heterocycles. The molecule has 2 heterocycles. The van der Waals surface area contributed by atoms with Gasteiger partial charge in [0.1, 0.15) is 0 Å². The topological polar surface area (TPSA) is 69.7 Å². The molecule has 0 aromatic heterocycles. The van der Waals surface area contributed by atoms with Crippen molar-refractivity contribution in [2.75, 3.05) is 4.90 Å². The molecule has 2 aliphatic heterocycles. The van der Waals surface area contributed by atoms with Crippen LogP contribution >= 0.6 is 35.6 Å². The van der Waals surface area contributed by atoms with Gasteiger partial charge < -0.3 is 4.90 Å². The zero-order valence-electron chi connectivity index (χ0n) is 17.5. The molecule has 0 spiro atoms. The number of amides is 3. The van der Waals surface area contributed by atoms with Crippen molar-refractivity contribution in [3.63, 3.8) is 0 Å². The third kappa shape index (κ3) is 3.90. The van der Waals surface area contributed by atoms with Gasteiger partial charge in [-0.2, -0.15) is 5.01 Å². The van der Waals surface area contributed by atoms with E-state index in [2.05, 4.69) is 5.43 Å². The molecule has 34 heavy (non-hydrogen) atoms. The molecule has 3 aromatic rings. The molecule has 0 atom stereocenters. The van der Waals surface area contributed by atoms with E-state index in [1.165, 1.54) is 0 Å². The van der Waals surface area contributed by atoms with Crippen LogP contribution in [-0.4, -0.2) is 27.1 Å². The van der Waals surface area contributed by atoms with E-state index in [0.29, 0.717) is 12.1 Å². The van der Waals surface area contributed by atoms with E-state index in [9.17, 15) is 14.4 Å². The van der Waals surface area contributed by atoms with Crippen molar-refractivity contribution >= 4 is 68.9 Å². The highest BCUT2D eigenvalue weighted by atomic mass is 35.5. The molecule has 0 saturated carbocycles. The van der Waals surface area contributed by atoms with Gasteiger partial charge >= 0.3 is 0 Å². The molecule has 9 heteroatoms. The highest BCUT2D eigenvalue weighted by molar-refractivity contribution is 8.26. The first-order valence-corrected chi connectivity index (χ1v) is 11.9. The average molecular weight is 506 g/mol. The Hall–Kier alpha value is -3.46. The van der Waals surface area contributed by atoms with E-state index in [-0.39, 0.29) is 31.3 Å². The highest BCUT2D eigenvalue weighted by Crippen LogP contribution is 2.44. The van der Waals surface area contributed by atoms with Crippen molar-refractivity contribution in [2.45, 2.75) is 6.54 Å². The number of halogens is 1. The van der Waals surface area contributed by atoms with Gasteiger partial charge in [-0.25, -0.2) is 0 Å². The Morgan fingerprint density at radius 3 is 2.35 bits per heavy atom. The molecule has 3 amide bonds. The number of nitrogens with one attached hydrogen (secondary N) is 1. The zero-order chi connectivity index (χ0) is 23.8. The van der Waals surface area contributed by atoms with Crippen LogP contribution in [0.25, 0.3) is 5.57 Å². The number of rotatable bonds is 4. The summed E-state index contributed by atoms with van der Waals surface area (Å²) in [6.07, 6.45) is 0. The number of thiocarbonyl (C=S) groups is 1. The standard InChI is InChI=1S/C25H16ClN3O3S2/c26-18-12-6-4-10-16(18)22(30)27-29-24(32)21(34-25(29)33)20-17-11-5-7-13-19(17)28(23(20)31)14-15-8-2-1-3-9-15/h1-13H,14H2,(H,27,30)/b21-20-. The Balaban J connectivity index is 1.48. The molecule has 6 nitrogen and oxygen atoms in total. The predicted octanol–water partition coefficient (Wildman–Crippen LogP) is 4.80. The van der Waals surface area contributed by atoms with Crippen LogP contribution in [-0.2, 0) is 16.1 Å². The first-order valence-electron chi connectivity index (χ1n) is 10.3. The van der Waals surface area contributed by atoms with Crippen molar-refractivity contribution in [2.24, 2.45) is 0 Å². The lowest BCUT2D eigenvalue weighted by Crippen LogP contribution is -2.45. The van der Waals surface area contributed by atoms with Crippen molar-refractivity contribution in [3.05, 3.63) is 105 Å². The number of hydrogen-bond donors (Lipinski definition) is 1. The van der Waals surface area contributed by atoms with E-state index in [4.69, 9.17) is 23.8 Å². The third-order valence-electron chi connectivity index (χ3n) is 5.43. The van der Waals surface area contributed by atoms with Crippen LogP contribution in [0.4, 0.5) is 5.69 Å². The Kier molecular flexibility index (Phi) is 5.95. The maximum atomic E-state index is 13.5. The SMILES string of the molecule is O=C(NN1C(=O)/C(=C2/C(=O)N(Cc3ccccc3)c3ccccc32)SC1=S)c1ccccc1Cl. The number of anilines is 1. The van der Waals surface area contributed by atoms with Crippen LogP contribution in [0.5, 0.6) is 0 Å². The molecular formula is C25H16ClN3O3S2. The minimum atomic E-state index is -0.572. The summed E-state index contributed by atoms with van der Waals surface area (Å²) in [5.74, 6) is -1.42. The van der Waals surface area contributed by atoms with Crippen molar-refractivity contribution in [3.8, 4) is 0 Å². The van der Waals surface area contributed by atoms with E-state index >= 15 is 0 Å². The smallest absolute Gasteiger partial charge is 0.286 e. The van der Waals surface area contributed by atoms with E-state index in [0.717, 1.165) is 28.0 Å². The van der Waals surface area contributed by atoms with E-state index in [1.807, 2.05) is 54.6 Å².